The van der Waals surface area contributed by atoms with Gasteiger partial charge in [0, 0.05) is 6.26 Å². The molecule has 30 heavy (non-hydrogen) atoms. The Morgan fingerprint density at radius 1 is 1.03 bits per heavy atom. The molecule has 0 saturated carbocycles. The summed E-state index contributed by atoms with van der Waals surface area (Å²) in [6.07, 6.45) is 2.76. The molecule has 1 aromatic heterocycles. The number of nitrogens with zero attached hydrogens (tertiary/aromatic N) is 1. The number of hydrogen-bond acceptors (Lipinski definition) is 6. The lowest BCUT2D eigenvalue weighted by molar-refractivity contribution is 0.265. The third-order valence-corrected chi connectivity index (χ3v) is 5.79. The Balaban J connectivity index is 1.65. The smallest absolute Gasteiger partial charge is 0.200 e. The maximum absolute atomic E-state index is 11.7. The predicted octanol–water partition coefficient (Wildman–Crippen LogP) is 5.17. The number of rotatable bonds is 9. The summed E-state index contributed by atoms with van der Waals surface area (Å²) in [7, 11) is -3.47. The summed E-state index contributed by atoms with van der Waals surface area (Å²) in [5.74, 6) is 1.49. The number of benzene rings is 2. The SMILES string of the molecule is CS(=O)(=O)c1ncoc1COc1ccc(Cc2cc(Cl)c(OCCCl)c(Cl)c2)cc1. The van der Waals surface area contributed by atoms with E-state index in [2.05, 4.69) is 4.98 Å². The summed E-state index contributed by atoms with van der Waals surface area (Å²) in [6.45, 7) is 0.276. The van der Waals surface area contributed by atoms with Gasteiger partial charge < -0.3 is 13.9 Å². The van der Waals surface area contributed by atoms with E-state index in [9.17, 15) is 8.42 Å². The Morgan fingerprint density at radius 3 is 2.30 bits per heavy atom. The van der Waals surface area contributed by atoms with E-state index in [0.29, 0.717) is 40.5 Å². The van der Waals surface area contributed by atoms with Crippen LogP contribution in [0.2, 0.25) is 10.0 Å². The molecule has 0 radical (unpaired) electrons. The molecule has 0 aliphatic rings. The van der Waals surface area contributed by atoms with Crippen LogP contribution in [0.3, 0.4) is 0 Å². The minimum absolute atomic E-state index is 0.0449. The molecular formula is C20H18Cl3NO5S. The van der Waals surface area contributed by atoms with Crippen molar-refractivity contribution >= 4 is 44.6 Å². The molecule has 0 bridgehead atoms. The highest BCUT2D eigenvalue weighted by atomic mass is 35.5. The molecule has 0 atom stereocenters. The van der Waals surface area contributed by atoms with Crippen molar-refractivity contribution in [3.8, 4) is 11.5 Å². The zero-order chi connectivity index (χ0) is 21.7. The van der Waals surface area contributed by atoms with E-state index in [1.54, 1.807) is 24.3 Å². The zero-order valence-electron chi connectivity index (χ0n) is 15.9. The average Bonchev–Trinajstić information content (AvgIpc) is 3.16. The van der Waals surface area contributed by atoms with Crippen LogP contribution in [-0.4, -0.2) is 32.1 Å². The van der Waals surface area contributed by atoms with Crippen LogP contribution in [-0.2, 0) is 22.9 Å². The maximum atomic E-state index is 11.7. The Bertz CT molecular complexity index is 1090. The normalized spacial score (nSPS) is 11.5. The van der Waals surface area contributed by atoms with Gasteiger partial charge in [0.25, 0.3) is 0 Å². The molecule has 10 heteroatoms. The van der Waals surface area contributed by atoms with Crippen LogP contribution in [0.25, 0.3) is 0 Å². The molecular weight excluding hydrogens is 473 g/mol. The number of sulfone groups is 1. The van der Waals surface area contributed by atoms with Gasteiger partial charge in [0.1, 0.15) is 19.0 Å². The first-order valence-corrected chi connectivity index (χ1v) is 12.0. The summed E-state index contributed by atoms with van der Waals surface area (Å²) in [4.78, 5) is 3.73. The third-order valence-electron chi connectivity index (χ3n) is 4.04. The minimum atomic E-state index is -3.47. The highest BCUT2D eigenvalue weighted by Crippen LogP contribution is 2.35. The molecule has 0 spiro atoms. The summed E-state index contributed by atoms with van der Waals surface area (Å²) >= 11 is 18.2. The topological polar surface area (TPSA) is 78.6 Å². The number of alkyl halides is 1. The Hall–Kier alpha value is -1.93. The molecule has 6 nitrogen and oxygen atoms in total. The molecule has 0 fully saturated rings. The Morgan fingerprint density at radius 2 is 1.70 bits per heavy atom. The fourth-order valence-electron chi connectivity index (χ4n) is 2.74. The van der Waals surface area contributed by atoms with Crippen molar-refractivity contribution in [2.75, 3.05) is 18.7 Å². The Kier molecular flexibility index (Phi) is 7.52. The van der Waals surface area contributed by atoms with Gasteiger partial charge in [0.05, 0.1) is 15.9 Å². The first kappa shape index (κ1) is 22.7. The second-order valence-electron chi connectivity index (χ2n) is 6.39. The second kappa shape index (κ2) is 9.92. The average molecular weight is 491 g/mol. The van der Waals surface area contributed by atoms with E-state index >= 15 is 0 Å². The van der Waals surface area contributed by atoms with Crippen LogP contribution in [0.15, 0.2) is 52.2 Å². The van der Waals surface area contributed by atoms with Gasteiger partial charge in [-0.15, -0.1) is 11.6 Å². The standard InChI is InChI=1S/C20H18Cl3NO5S/c1-30(25,26)20-18(29-12-24-20)11-28-15-4-2-13(3-5-15)8-14-9-16(22)19(17(23)10-14)27-7-6-21/h2-5,9-10,12H,6-8,11H2,1H3. The minimum Gasteiger partial charge on any atom is -0.489 e. The van der Waals surface area contributed by atoms with E-state index in [0.717, 1.165) is 23.8 Å². The lowest BCUT2D eigenvalue weighted by Gasteiger charge is -2.11. The van der Waals surface area contributed by atoms with Crippen LogP contribution < -0.4 is 9.47 Å². The van der Waals surface area contributed by atoms with Crippen LogP contribution in [0.5, 0.6) is 11.5 Å². The van der Waals surface area contributed by atoms with Crippen LogP contribution in [0.1, 0.15) is 16.9 Å². The van der Waals surface area contributed by atoms with E-state index in [1.807, 2.05) is 12.1 Å². The van der Waals surface area contributed by atoms with E-state index < -0.39 is 9.84 Å². The summed E-state index contributed by atoms with van der Waals surface area (Å²) in [6, 6.07) is 11.0. The number of aromatic nitrogens is 1. The number of ether oxygens (including phenoxy) is 2. The first-order chi connectivity index (χ1) is 14.3. The molecule has 0 amide bonds. The molecule has 0 aliphatic carbocycles. The molecule has 0 N–H and O–H groups in total. The maximum Gasteiger partial charge on any atom is 0.200 e. The van der Waals surface area contributed by atoms with Gasteiger partial charge in [-0.1, -0.05) is 35.3 Å². The number of halogens is 3. The molecule has 0 saturated heterocycles. The molecule has 160 valence electrons. The van der Waals surface area contributed by atoms with Crippen molar-refractivity contribution in [2.24, 2.45) is 0 Å². The van der Waals surface area contributed by atoms with Gasteiger partial charge >= 0.3 is 0 Å². The molecule has 1 heterocycles. The van der Waals surface area contributed by atoms with E-state index in [1.165, 1.54) is 0 Å². The molecule has 0 aliphatic heterocycles. The van der Waals surface area contributed by atoms with E-state index in [4.69, 9.17) is 48.7 Å². The highest BCUT2D eigenvalue weighted by molar-refractivity contribution is 7.90. The number of hydrogen-bond donors (Lipinski definition) is 0. The summed E-state index contributed by atoms with van der Waals surface area (Å²) in [5, 5.41) is 0.735. The zero-order valence-corrected chi connectivity index (χ0v) is 19.0. The molecule has 3 rings (SSSR count). The van der Waals surface area contributed by atoms with Crippen molar-refractivity contribution in [1.29, 1.82) is 0 Å². The van der Waals surface area contributed by atoms with Gasteiger partial charge in [-0.3, -0.25) is 0 Å². The number of oxazole rings is 1. The lowest BCUT2D eigenvalue weighted by Crippen LogP contribution is -2.04. The van der Waals surface area contributed by atoms with Crippen molar-refractivity contribution in [2.45, 2.75) is 18.1 Å². The first-order valence-electron chi connectivity index (χ1n) is 8.78. The van der Waals surface area contributed by atoms with Crippen LogP contribution >= 0.6 is 34.8 Å². The van der Waals surface area contributed by atoms with Gasteiger partial charge in [-0.2, -0.15) is 0 Å². The predicted molar refractivity (Wildman–Crippen MR) is 116 cm³/mol. The van der Waals surface area contributed by atoms with Gasteiger partial charge in [-0.05, 0) is 41.8 Å². The lowest BCUT2D eigenvalue weighted by atomic mass is 10.0. The largest absolute Gasteiger partial charge is 0.489 e. The van der Waals surface area contributed by atoms with Gasteiger partial charge in [0.15, 0.2) is 32.8 Å². The summed E-state index contributed by atoms with van der Waals surface area (Å²) < 4.78 is 39.5. The molecule has 2 aromatic carbocycles. The van der Waals surface area contributed by atoms with Gasteiger partial charge in [-0.25, -0.2) is 13.4 Å². The van der Waals surface area contributed by atoms with Gasteiger partial charge in [0.2, 0.25) is 0 Å². The fourth-order valence-corrected chi connectivity index (χ4v) is 4.21. The van der Waals surface area contributed by atoms with Crippen molar-refractivity contribution in [1.82, 2.24) is 4.98 Å². The highest BCUT2D eigenvalue weighted by Gasteiger charge is 2.19. The van der Waals surface area contributed by atoms with Crippen LogP contribution in [0, 0.1) is 0 Å². The van der Waals surface area contributed by atoms with E-state index in [-0.39, 0.29) is 17.4 Å². The molecule has 0 unspecified atom stereocenters. The second-order valence-corrected chi connectivity index (χ2v) is 9.51. The molecule has 3 aromatic rings. The van der Waals surface area contributed by atoms with Crippen LogP contribution in [0.4, 0.5) is 0 Å². The van der Waals surface area contributed by atoms with Crippen molar-refractivity contribution < 1.29 is 22.3 Å². The van der Waals surface area contributed by atoms with Crippen molar-refractivity contribution in [3.05, 3.63) is 69.7 Å². The Labute approximate surface area is 189 Å². The monoisotopic (exact) mass is 489 g/mol. The fraction of sp³-hybridized carbons (Fsp3) is 0.250. The summed E-state index contributed by atoms with van der Waals surface area (Å²) in [5.41, 5.74) is 1.94. The van der Waals surface area contributed by atoms with Crippen molar-refractivity contribution in [3.63, 3.8) is 0 Å². The third kappa shape index (κ3) is 5.82. The quantitative estimate of drug-likeness (QED) is 0.385.